The maximum Gasteiger partial charge on any atom is 0.308 e. The van der Waals surface area contributed by atoms with E-state index in [2.05, 4.69) is 44.3 Å². The van der Waals surface area contributed by atoms with Crippen LogP contribution in [0.5, 0.6) is 0 Å². The normalized spacial score (nSPS) is 14.3. The van der Waals surface area contributed by atoms with Gasteiger partial charge in [-0.25, -0.2) is 0 Å². The number of aryl methyl sites for hydroxylation is 1. The van der Waals surface area contributed by atoms with Crippen LogP contribution >= 0.6 is 23.1 Å². The van der Waals surface area contributed by atoms with E-state index in [9.17, 15) is 9.59 Å². The Morgan fingerprint density at radius 3 is 2.61 bits per heavy atom. The van der Waals surface area contributed by atoms with E-state index in [4.69, 9.17) is 0 Å². The molecular formula is C27H31N5O2S2. The second-order valence-corrected chi connectivity index (χ2v) is 11.2. The van der Waals surface area contributed by atoms with E-state index in [0.29, 0.717) is 18.3 Å². The number of nitrogens with one attached hydrogen (secondary N) is 1. The molecule has 188 valence electrons. The first-order valence-corrected chi connectivity index (χ1v) is 14.4. The number of amides is 1. The lowest BCUT2D eigenvalue weighted by Gasteiger charge is -2.22. The molecule has 0 unspecified atom stereocenters. The molecule has 7 nitrogen and oxygen atoms in total. The molecule has 2 aromatic carbocycles. The number of rotatable bonds is 10. The smallest absolute Gasteiger partial charge is 0.308 e. The summed E-state index contributed by atoms with van der Waals surface area (Å²) in [5.41, 5.74) is 2.20. The minimum absolute atomic E-state index is 0.00361. The number of fused-ring (bicyclic) bond motifs is 1. The predicted octanol–water partition coefficient (Wildman–Crippen LogP) is 4.88. The molecule has 1 aliphatic rings. The molecule has 2 aromatic heterocycles. The number of carbonyl (C=O) groups is 1. The molecule has 1 aliphatic carbocycles. The molecular weight excluding hydrogens is 490 g/mol. The molecule has 1 amide bonds. The number of hydrogen-bond donors (Lipinski definition) is 1. The fourth-order valence-electron chi connectivity index (χ4n) is 4.80. The number of para-hydroxylation sites is 1. The van der Waals surface area contributed by atoms with Crippen LogP contribution in [0.2, 0.25) is 0 Å². The Balaban J connectivity index is 1.32. The Morgan fingerprint density at radius 1 is 1.00 bits per heavy atom. The Hall–Kier alpha value is -2.91. The van der Waals surface area contributed by atoms with E-state index < -0.39 is 0 Å². The Bertz CT molecular complexity index is 1360. The van der Waals surface area contributed by atoms with Crippen LogP contribution in [0.1, 0.15) is 49.9 Å². The monoisotopic (exact) mass is 521 g/mol. The van der Waals surface area contributed by atoms with Crippen LogP contribution in [0.4, 0.5) is 0 Å². The van der Waals surface area contributed by atoms with Gasteiger partial charge in [-0.05, 0) is 43.4 Å². The highest BCUT2D eigenvalue weighted by Gasteiger charge is 2.19. The molecule has 4 aromatic rings. The third-order valence-electron chi connectivity index (χ3n) is 6.66. The van der Waals surface area contributed by atoms with Crippen LogP contribution in [0.25, 0.3) is 10.2 Å². The van der Waals surface area contributed by atoms with E-state index in [0.717, 1.165) is 53.4 Å². The summed E-state index contributed by atoms with van der Waals surface area (Å²) in [6.45, 7) is 1.08. The van der Waals surface area contributed by atoms with Gasteiger partial charge in [-0.15, -0.1) is 10.2 Å². The number of thioether (sulfide) groups is 1. The van der Waals surface area contributed by atoms with Gasteiger partial charge in [-0.1, -0.05) is 84.8 Å². The van der Waals surface area contributed by atoms with Gasteiger partial charge in [0.2, 0.25) is 5.91 Å². The number of carbonyl (C=O) groups excluding carboxylic acids is 1. The van der Waals surface area contributed by atoms with E-state index in [-0.39, 0.29) is 10.8 Å². The SMILES string of the molecule is O=C(CSc1nnc(Cn2c(=O)sc3ccccc32)n1CCCc1ccccc1)NC1CCCCC1. The summed E-state index contributed by atoms with van der Waals surface area (Å²) >= 11 is 2.67. The van der Waals surface area contributed by atoms with Crippen LogP contribution in [0.3, 0.4) is 0 Å². The van der Waals surface area contributed by atoms with Crippen LogP contribution < -0.4 is 10.2 Å². The van der Waals surface area contributed by atoms with Gasteiger partial charge in [0.1, 0.15) is 0 Å². The molecule has 5 rings (SSSR count). The van der Waals surface area contributed by atoms with Gasteiger partial charge < -0.3 is 9.88 Å². The average Bonchev–Trinajstić information content (AvgIpc) is 3.44. The summed E-state index contributed by atoms with van der Waals surface area (Å²) in [7, 11) is 0. The largest absolute Gasteiger partial charge is 0.353 e. The summed E-state index contributed by atoms with van der Waals surface area (Å²) in [5.74, 6) is 1.10. The summed E-state index contributed by atoms with van der Waals surface area (Å²) in [5, 5.41) is 12.8. The molecule has 0 spiro atoms. The number of nitrogens with zero attached hydrogens (tertiary/aromatic N) is 4. The fourth-order valence-corrected chi connectivity index (χ4v) is 6.49. The molecule has 1 saturated carbocycles. The molecule has 36 heavy (non-hydrogen) atoms. The van der Waals surface area contributed by atoms with Crippen molar-refractivity contribution < 1.29 is 4.79 Å². The number of thiazole rings is 1. The lowest BCUT2D eigenvalue weighted by Crippen LogP contribution is -2.37. The van der Waals surface area contributed by atoms with Crippen LogP contribution in [-0.4, -0.2) is 37.0 Å². The van der Waals surface area contributed by atoms with Crippen molar-refractivity contribution in [2.45, 2.75) is 69.2 Å². The van der Waals surface area contributed by atoms with E-state index in [1.807, 2.05) is 30.3 Å². The van der Waals surface area contributed by atoms with Crippen molar-refractivity contribution in [3.63, 3.8) is 0 Å². The van der Waals surface area contributed by atoms with Gasteiger partial charge >= 0.3 is 4.87 Å². The minimum Gasteiger partial charge on any atom is -0.353 e. The zero-order valence-corrected chi connectivity index (χ0v) is 21.9. The van der Waals surface area contributed by atoms with Gasteiger partial charge in [0.05, 0.1) is 22.5 Å². The van der Waals surface area contributed by atoms with Crippen LogP contribution in [-0.2, 0) is 24.3 Å². The lowest BCUT2D eigenvalue weighted by atomic mass is 9.95. The zero-order valence-electron chi connectivity index (χ0n) is 20.3. The van der Waals surface area contributed by atoms with Crippen molar-refractivity contribution in [3.8, 4) is 0 Å². The topological polar surface area (TPSA) is 81.8 Å². The molecule has 1 fully saturated rings. The molecule has 0 aliphatic heterocycles. The fraction of sp³-hybridized carbons (Fsp3) is 0.407. The van der Waals surface area contributed by atoms with Gasteiger partial charge in [0, 0.05) is 12.6 Å². The van der Waals surface area contributed by atoms with E-state index >= 15 is 0 Å². The summed E-state index contributed by atoms with van der Waals surface area (Å²) in [6, 6.07) is 18.5. The molecule has 1 N–H and O–H groups in total. The van der Waals surface area contributed by atoms with Crippen LogP contribution in [0, 0.1) is 0 Å². The quantitative estimate of drug-likeness (QED) is 0.301. The predicted molar refractivity (Wildman–Crippen MR) is 146 cm³/mol. The number of aromatic nitrogens is 4. The highest BCUT2D eigenvalue weighted by atomic mass is 32.2. The Kier molecular flexibility index (Phi) is 8.18. The highest BCUT2D eigenvalue weighted by Crippen LogP contribution is 2.22. The molecule has 0 saturated heterocycles. The number of hydrogen-bond acceptors (Lipinski definition) is 6. The highest BCUT2D eigenvalue weighted by molar-refractivity contribution is 7.99. The summed E-state index contributed by atoms with van der Waals surface area (Å²) in [6.07, 6.45) is 7.63. The molecule has 0 radical (unpaired) electrons. The van der Waals surface area contributed by atoms with Crippen LogP contribution in [0.15, 0.2) is 64.5 Å². The van der Waals surface area contributed by atoms with E-state index in [1.54, 1.807) is 4.57 Å². The first kappa shape index (κ1) is 24.8. The van der Waals surface area contributed by atoms with Gasteiger partial charge in [-0.3, -0.25) is 14.2 Å². The van der Waals surface area contributed by atoms with Crippen molar-refractivity contribution in [2.75, 3.05) is 5.75 Å². The first-order valence-electron chi connectivity index (χ1n) is 12.6. The second kappa shape index (κ2) is 11.9. The van der Waals surface area contributed by atoms with Gasteiger partial charge in [0.15, 0.2) is 11.0 Å². The van der Waals surface area contributed by atoms with Crippen molar-refractivity contribution in [1.29, 1.82) is 0 Å². The molecule has 0 atom stereocenters. The number of benzene rings is 2. The minimum atomic E-state index is -0.00361. The molecule has 9 heteroatoms. The van der Waals surface area contributed by atoms with Crippen molar-refractivity contribution in [3.05, 3.63) is 75.7 Å². The maximum absolute atomic E-state index is 12.7. The third-order valence-corrected chi connectivity index (χ3v) is 8.59. The third kappa shape index (κ3) is 6.07. The zero-order chi connectivity index (χ0) is 24.7. The Morgan fingerprint density at radius 2 is 1.78 bits per heavy atom. The maximum atomic E-state index is 12.7. The summed E-state index contributed by atoms with van der Waals surface area (Å²) < 4.78 is 4.81. The second-order valence-electron chi connectivity index (χ2n) is 9.25. The van der Waals surface area contributed by atoms with Crippen molar-refractivity contribution in [2.24, 2.45) is 0 Å². The Labute approximate surface area is 218 Å². The lowest BCUT2D eigenvalue weighted by molar-refractivity contribution is -0.119. The summed E-state index contributed by atoms with van der Waals surface area (Å²) in [4.78, 5) is 25.3. The molecule has 2 heterocycles. The van der Waals surface area contributed by atoms with Crippen molar-refractivity contribution in [1.82, 2.24) is 24.6 Å². The van der Waals surface area contributed by atoms with Gasteiger partial charge in [0.25, 0.3) is 0 Å². The first-order chi connectivity index (χ1) is 17.7. The van der Waals surface area contributed by atoms with E-state index in [1.165, 1.54) is 47.9 Å². The average molecular weight is 522 g/mol. The van der Waals surface area contributed by atoms with Gasteiger partial charge in [-0.2, -0.15) is 0 Å². The molecule has 0 bridgehead atoms. The van der Waals surface area contributed by atoms with Crippen molar-refractivity contribution >= 4 is 39.2 Å². The standard InChI is InChI=1S/C27H31N5O2S2/c33-25(28-21-13-5-2-6-14-21)19-35-26-30-29-24(31(26)17-9-12-20-10-3-1-4-11-20)18-32-22-15-7-8-16-23(22)36-27(32)34/h1,3-4,7-8,10-11,15-16,21H,2,5-6,9,12-14,17-19H2,(H,28,33).